The number of benzene rings is 2. The standard InChI is InChI=1S/C22H25Cl2FN4O3S/c1-28-9-11-29(12-10-28)8-3-13-32-18-4-2-5-19(21(18)25)33(30,31)27-17-7-6-15(23)20-16(24)14-26-22(17)20/h2,4-7,14,26-27H,3,8-13H2,1H3. The lowest BCUT2D eigenvalue weighted by Crippen LogP contribution is -2.44. The fourth-order valence-electron chi connectivity index (χ4n) is 3.80. The zero-order valence-electron chi connectivity index (χ0n) is 18.1. The van der Waals surface area contributed by atoms with Crippen molar-refractivity contribution in [2.45, 2.75) is 11.3 Å². The van der Waals surface area contributed by atoms with Crippen LogP contribution in [0.1, 0.15) is 6.42 Å². The van der Waals surface area contributed by atoms with Crippen LogP contribution >= 0.6 is 23.2 Å². The number of fused-ring (bicyclic) bond motifs is 1. The van der Waals surface area contributed by atoms with Gasteiger partial charge in [-0.2, -0.15) is 0 Å². The van der Waals surface area contributed by atoms with E-state index < -0.39 is 20.7 Å². The summed E-state index contributed by atoms with van der Waals surface area (Å²) in [6.45, 7) is 5.18. The molecule has 1 saturated heterocycles. The minimum absolute atomic E-state index is 0.0968. The molecule has 2 N–H and O–H groups in total. The summed E-state index contributed by atoms with van der Waals surface area (Å²) in [4.78, 5) is 7.01. The molecular formula is C22H25Cl2FN4O3S. The molecule has 0 amide bonds. The van der Waals surface area contributed by atoms with E-state index in [9.17, 15) is 8.42 Å². The fraction of sp³-hybridized carbons (Fsp3) is 0.364. The number of nitrogens with zero attached hydrogens (tertiary/aromatic N) is 2. The molecule has 7 nitrogen and oxygen atoms in total. The Bertz CT molecular complexity index is 1240. The molecule has 178 valence electrons. The molecule has 1 aromatic heterocycles. The Hall–Kier alpha value is -2.04. The van der Waals surface area contributed by atoms with E-state index in [2.05, 4.69) is 26.6 Å². The molecule has 0 unspecified atom stereocenters. The number of likely N-dealkylation sites (N-methyl/N-ethyl adjacent to an activating group) is 1. The number of hydrogen-bond acceptors (Lipinski definition) is 5. The van der Waals surface area contributed by atoms with Crippen molar-refractivity contribution < 1.29 is 17.5 Å². The van der Waals surface area contributed by atoms with Gasteiger partial charge in [-0.15, -0.1) is 0 Å². The predicted molar refractivity (Wildman–Crippen MR) is 130 cm³/mol. The molecular weight excluding hydrogens is 490 g/mol. The number of halogens is 3. The van der Waals surface area contributed by atoms with Crippen LogP contribution in [0.5, 0.6) is 5.75 Å². The number of sulfonamides is 1. The summed E-state index contributed by atoms with van der Waals surface area (Å²) >= 11 is 12.3. The molecule has 11 heteroatoms. The third-order valence-electron chi connectivity index (χ3n) is 5.67. The first-order valence-electron chi connectivity index (χ1n) is 10.6. The molecule has 3 aromatic rings. The molecule has 33 heavy (non-hydrogen) atoms. The lowest BCUT2D eigenvalue weighted by molar-refractivity contribution is 0.145. The van der Waals surface area contributed by atoms with Crippen molar-refractivity contribution in [2.24, 2.45) is 0 Å². The number of piperazine rings is 1. The van der Waals surface area contributed by atoms with Crippen molar-refractivity contribution in [3.05, 3.63) is 52.4 Å². The first kappa shape index (κ1) is 24.1. The van der Waals surface area contributed by atoms with E-state index in [0.717, 1.165) is 32.7 Å². The monoisotopic (exact) mass is 514 g/mol. The summed E-state index contributed by atoms with van der Waals surface area (Å²) in [5.41, 5.74) is 0.618. The van der Waals surface area contributed by atoms with Crippen molar-refractivity contribution in [3.63, 3.8) is 0 Å². The number of aromatic amines is 1. The van der Waals surface area contributed by atoms with E-state index in [1.807, 2.05) is 0 Å². The molecule has 0 aliphatic carbocycles. The third kappa shape index (κ3) is 5.38. The van der Waals surface area contributed by atoms with Gasteiger partial charge in [0.05, 0.1) is 27.9 Å². The molecule has 0 bridgehead atoms. The van der Waals surface area contributed by atoms with Crippen LogP contribution in [0.15, 0.2) is 41.4 Å². The molecule has 1 aliphatic rings. The number of hydrogen-bond donors (Lipinski definition) is 2. The van der Waals surface area contributed by atoms with Gasteiger partial charge in [0, 0.05) is 44.3 Å². The van der Waals surface area contributed by atoms with Gasteiger partial charge in [-0.25, -0.2) is 12.8 Å². The van der Waals surface area contributed by atoms with E-state index >= 15 is 4.39 Å². The largest absolute Gasteiger partial charge is 0.490 e. The molecule has 2 aromatic carbocycles. The van der Waals surface area contributed by atoms with Crippen molar-refractivity contribution in [3.8, 4) is 5.75 Å². The zero-order chi connectivity index (χ0) is 23.6. The van der Waals surface area contributed by atoms with Crippen LogP contribution in [0.2, 0.25) is 10.0 Å². The average Bonchev–Trinajstić information content (AvgIpc) is 3.18. The van der Waals surface area contributed by atoms with Gasteiger partial charge in [-0.3, -0.25) is 4.72 Å². The Kier molecular flexibility index (Phi) is 7.35. The number of nitrogens with one attached hydrogen (secondary N) is 2. The van der Waals surface area contributed by atoms with Gasteiger partial charge < -0.3 is 19.5 Å². The highest BCUT2D eigenvalue weighted by atomic mass is 35.5. The Balaban J connectivity index is 1.45. The van der Waals surface area contributed by atoms with Crippen LogP contribution in [0.4, 0.5) is 10.1 Å². The maximum absolute atomic E-state index is 15.1. The van der Waals surface area contributed by atoms with Crippen LogP contribution < -0.4 is 9.46 Å². The van der Waals surface area contributed by atoms with Crippen LogP contribution in [0.3, 0.4) is 0 Å². The normalized spacial score (nSPS) is 15.8. The number of H-pyrrole nitrogens is 1. The minimum Gasteiger partial charge on any atom is -0.490 e. The summed E-state index contributed by atoms with van der Waals surface area (Å²) in [6.07, 6.45) is 2.22. The van der Waals surface area contributed by atoms with Gasteiger partial charge in [0.15, 0.2) is 11.6 Å². The van der Waals surface area contributed by atoms with Crippen LogP contribution in [-0.2, 0) is 10.0 Å². The highest BCUT2D eigenvalue weighted by Crippen LogP contribution is 2.36. The van der Waals surface area contributed by atoms with Crippen molar-refractivity contribution in [1.82, 2.24) is 14.8 Å². The summed E-state index contributed by atoms with van der Waals surface area (Å²) in [5, 5.41) is 1.21. The van der Waals surface area contributed by atoms with E-state index in [1.54, 1.807) is 0 Å². The highest BCUT2D eigenvalue weighted by molar-refractivity contribution is 7.92. The number of rotatable bonds is 8. The van der Waals surface area contributed by atoms with Gasteiger partial charge in [0.1, 0.15) is 4.90 Å². The second kappa shape index (κ2) is 10.1. The van der Waals surface area contributed by atoms with Crippen LogP contribution in [0, 0.1) is 5.82 Å². The Morgan fingerprint density at radius 3 is 2.64 bits per heavy atom. The smallest absolute Gasteiger partial charge is 0.265 e. The maximum Gasteiger partial charge on any atom is 0.265 e. The number of aromatic nitrogens is 1. The van der Waals surface area contributed by atoms with E-state index in [1.165, 1.54) is 36.5 Å². The SMILES string of the molecule is CN1CCN(CCCOc2cccc(S(=O)(=O)Nc3ccc(Cl)c4c(Cl)c[nH]c34)c2F)CC1. The second-order valence-electron chi connectivity index (χ2n) is 8.00. The van der Waals surface area contributed by atoms with Gasteiger partial charge >= 0.3 is 0 Å². The molecule has 0 radical (unpaired) electrons. The Morgan fingerprint density at radius 2 is 1.88 bits per heavy atom. The molecule has 1 aliphatic heterocycles. The van der Waals surface area contributed by atoms with E-state index in [-0.39, 0.29) is 11.4 Å². The van der Waals surface area contributed by atoms with Gasteiger partial charge in [0.2, 0.25) is 0 Å². The zero-order valence-corrected chi connectivity index (χ0v) is 20.4. The molecule has 4 rings (SSSR count). The molecule has 0 atom stereocenters. The number of anilines is 1. The molecule has 0 saturated carbocycles. The van der Waals surface area contributed by atoms with Crippen molar-refractivity contribution >= 4 is 49.8 Å². The minimum atomic E-state index is -4.24. The number of ether oxygens (including phenoxy) is 1. The van der Waals surface area contributed by atoms with Gasteiger partial charge in [0.25, 0.3) is 10.0 Å². The van der Waals surface area contributed by atoms with E-state index in [0.29, 0.717) is 34.0 Å². The molecule has 2 heterocycles. The molecule has 0 spiro atoms. The van der Waals surface area contributed by atoms with Crippen molar-refractivity contribution in [1.29, 1.82) is 0 Å². The molecule has 1 fully saturated rings. The summed E-state index contributed by atoms with van der Waals surface area (Å²) < 4.78 is 49.0. The summed E-state index contributed by atoms with van der Waals surface area (Å²) in [5.74, 6) is -1.03. The summed E-state index contributed by atoms with van der Waals surface area (Å²) in [6, 6.07) is 7.10. The maximum atomic E-state index is 15.1. The second-order valence-corrected chi connectivity index (χ2v) is 10.5. The Labute approximate surface area is 202 Å². The van der Waals surface area contributed by atoms with Crippen molar-refractivity contribution in [2.75, 3.05) is 51.1 Å². The lowest BCUT2D eigenvalue weighted by atomic mass is 10.2. The Morgan fingerprint density at radius 1 is 1.12 bits per heavy atom. The van der Waals surface area contributed by atoms with E-state index in [4.69, 9.17) is 27.9 Å². The average molecular weight is 515 g/mol. The topological polar surface area (TPSA) is 77.7 Å². The highest BCUT2D eigenvalue weighted by Gasteiger charge is 2.24. The van der Waals surface area contributed by atoms with Crippen LogP contribution in [-0.4, -0.2) is 69.6 Å². The quantitative estimate of drug-likeness (QED) is 0.434. The predicted octanol–water partition coefficient (Wildman–Crippen LogP) is 4.43. The van der Waals surface area contributed by atoms with Gasteiger partial charge in [-0.05, 0) is 37.7 Å². The van der Waals surface area contributed by atoms with Crippen LogP contribution in [0.25, 0.3) is 10.9 Å². The first-order valence-corrected chi connectivity index (χ1v) is 12.8. The first-order chi connectivity index (χ1) is 15.8. The fourth-order valence-corrected chi connectivity index (χ4v) is 5.53. The third-order valence-corrected chi connectivity index (χ3v) is 7.67. The summed E-state index contributed by atoms with van der Waals surface area (Å²) in [7, 11) is -2.14. The van der Waals surface area contributed by atoms with Gasteiger partial charge in [-0.1, -0.05) is 29.3 Å². The lowest BCUT2D eigenvalue weighted by Gasteiger charge is -2.32.